The second-order valence-electron chi connectivity index (χ2n) is 10.7. The summed E-state index contributed by atoms with van der Waals surface area (Å²) in [7, 11) is 0. The molecule has 7 aromatic rings. The quantitative estimate of drug-likeness (QED) is 0.228. The summed E-state index contributed by atoms with van der Waals surface area (Å²) < 4.78 is 2.31. The van der Waals surface area contributed by atoms with Crippen molar-refractivity contribution >= 4 is 11.0 Å². The molecule has 0 atom stereocenters. The number of benzene rings is 6. The maximum atomic E-state index is 5.09. The van der Waals surface area contributed by atoms with Gasteiger partial charge in [0.25, 0.3) is 0 Å². The Morgan fingerprint density at radius 3 is 1.65 bits per heavy atom. The van der Waals surface area contributed by atoms with E-state index in [0.717, 1.165) is 28.1 Å². The van der Waals surface area contributed by atoms with E-state index in [0.29, 0.717) is 0 Å². The Morgan fingerprint density at radius 1 is 0.450 bits per heavy atom. The molecule has 2 nitrogen and oxygen atoms in total. The monoisotopic (exact) mass is 508 g/mol. The predicted molar refractivity (Wildman–Crippen MR) is 163 cm³/mol. The number of fused-ring (bicyclic) bond motifs is 11. The fraction of sp³-hybridized carbons (Fsp3) is 0.0263. The molecule has 0 aliphatic heterocycles. The van der Waals surface area contributed by atoms with Crippen LogP contribution in [0.4, 0.5) is 0 Å². The van der Waals surface area contributed by atoms with E-state index < -0.39 is 0 Å². The first-order valence-corrected chi connectivity index (χ1v) is 13.8. The molecule has 2 aliphatic carbocycles. The molecule has 0 unspecified atom stereocenters. The Morgan fingerprint density at radius 2 is 0.975 bits per heavy atom. The molecule has 0 fully saturated rings. The minimum atomic E-state index is -0.323. The van der Waals surface area contributed by atoms with E-state index in [9.17, 15) is 0 Å². The average molecular weight is 509 g/mol. The highest BCUT2D eigenvalue weighted by Crippen LogP contribution is 2.62. The van der Waals surface area contributed by atoms with Gasteiger partial charge < -0.3 is 0 Å². The average Bonchev–Trinajstić information content (AvgIpc) is 3.66. The molecule has 0 N–H and O–H groups in total. The molecular formula is C38H24N2. The molecule has 0 radical (unpaired) electrons. The van der Waals surface area contributed by atoms with Crippen LogP contribution in [0.3, 0.4) is 0 Å². The number of rotatable bonds is 2. The number of para-hydroxylation sites is 2. The second kappa shape index (κ2) is 7.91. The van der Waals surface area contributed by atoms with Gasteiger partial charge in [-0.3, -0.25) is 4.57 Å². The van der Waals surface area contributed by atoms with E-state index in [1.165, 1.54) is 44.5 Å². The van der Waals surface area contributed by atoms with Gasteiger partial charge in [-0.05, 0) is 68.8 Å². The third-order valence-electron chi connectivity index (χ3n) is 8.83. The fourth-order valence-electron chi connectivity index (χ4n) is 7.29. The van der Waals surface area contributed by atoms with Gasteiger partial charge in [0.2, 0.25) is 0 Å². The first-order valence-electron chi connectivity index (χ1n) is 13.8. The van der Waals surface area contributed by atoms with E-state index in [2.05, 4.69) is 150 Å². The fourth-order valence-corrected chi connectivity index (χ4v) is 7.29. The van der Waals surface area contributed by atoms with Crippen molar-refractivity contribution in [3.63, 3.8) is 0 Å². The van der Waals surface area contributed by atoms with E-state index >= 15 is 0 Å². The lowest BCUT2D eigenvalue weighted by Crippen LogP contribution is -2.25. The van der Waals surface area contributed by atoms with E-state index in [1.54, 1.807) is 0 Å². The minimum Gasteiger partial charge on any atom is -0.292 e. The first kappa shape index (κ1) is 21.7. The molecule has 1 aromatic heterocycles. The molecule has 6 aromatic carbocycles. The summed E-state index contributed by atoms with van der Waals surface area (Å²) in [6, 6.07) is 52.8. The molecule has 186 valence electrons. The van der Waals surface area contributed by atoms with E-state index in [-0.39, 0.29) is 5.41 Å². The molecule has 0 amide bonds. The Hall–Kier alpha value is -5.21. The summed E-state index contributed by atoms with van der Waals surface area (Å²) in [5, 5.41) is 0. The van der Waals surface area contributed by atoms with E-state index in [1.807, 2.05) is 0 Å². The molecule has 1 heterocycles. The number of nitrogens with zero attached hydrogens (tertiary/aromatic N) is 2. The Balaban J connectivity index is 1.36. The highest BCUT2D eigenvalue weighted by atomic mass is 15.1. The minimum absolute atomic E-state index is 0.323. The topological polar surface area (TPSA) is 17.8 Å². The van der Waals surface area contributed by atoms with Gasteiger partial charge in [0.15, 0.2) is 0 Å². The first-order chi connectivity index (χ1) is 19.9. The van der Waals surface area contributed by atoms with Crippen LogP contribution in [0.1, 0.15) is 22.3 Å². The zero-order valence-electron chi connectivity index (χ0n) is 21.8. The highest BCUT2D eigenvalue weighted by molar-refractivity contribution is 5.95. The second-order valence-corrected chi connectivity index (χ2v) is 10.7. The van der Waals surface area contributed by atoms with Crippen LogP contribution < -0.4 is 0 Å². The van der Waals surface area contributed by atoms with Crippen molar-refractivity contribution in [2.75, 3.05) is 0 Å². The third kappa shape index (κ3) is 2.65. The SMILES string of the molecule is c1ccc(-c2nc3ccccc3n2-c2ccc3c(c2)-c2ccccc2C32c3ccccc3-c3ccccc32)cc1. The molecule has 0 saturated heterocycles. The van der Waals surface area contributed by atoms with Gasteiger partial charge >= 0.3 is 0 Å². The van der Waals surface area contributed by atoms with Crippen molar-refractivity contribution in [2.45, 2.75) is 5.41 Å². The van der Waals surface area contributed by atoms with Crippen LogP contribution in [0.15, 0.2) is 146 Å². The standard InChI is InChI=1S/C38H24N2/c1-2-12-25(13-3-1)37-39-35-20-10-11-21-36(35)40(37)26-22-23-34-30(24-26)29-16-6-9-19-33(29)38(34)31-17-7-4-14-27(31)28-15-5-8-18-32(28)38/h1-24H. The van der Waals surface area contributed by atoms with Crippen LogP contribution in [0.25, 0.3) is 50.4 Å². The molecule has 0 bridgehead atoms. The van der Waals surface area contributed by atoms with Crippen LogP contribution in [-0.4, -0.2) is 9.55 Å². The molecule has 2 heteroatoms. The van der Waals surface area contributed by atoms with E-state index in [4.69, 9.17) is 4.98 Å². The molecule has 1 spiro atoms. The number of hydrogen-bond acceptors (Lipinski definition) is 1. The maximum Gasteiger partial charge on any atom is 0.145 e. The maximum absolute atomic E-state index is 5.09. The van der Waals surface area contributed by atoms with Gasteiger partial charge in [-0.2, -0.15) is 0 Å². The number of hydrogen-bond donors (Lipinski definition) is 0. The Labute approximate surface area is 232 Å². The lowest BCUT2D eigenvalue weighted by atomic mass is 9.70. The highest BCUT2D eigenvalue weighted by Gasteiger charge is 2.51. The van der Waals surface area contributed by atoms with Gasteiger partial charge in [0, 0.05) is 11.3 Å². The number of aromatic nitrogens is 2. The van der Waals surface area contributed by atoms with Crippen molar-refractivity contribution in [2.24, 2.45) is 0 Å². The largest absolute Gasteiger partial charge is 0.292 e. The van der Waals surface area contributed by atoms with Gasteiger partial charge in [-0.1, -0.05) is 121 Å². The van der Waals surface area contributed by atoms with Gasteiger partial charge in [-0.25, -0.2) is 4.98 Å². The number of imidazole rings is 1. The molecule has 0 saturated carbocycles. The van der Waals surface area contributed by atoms with Gasteiger partial charge in [0.05, 0.1) is 16.4 Å². The van der Waals surface area contributed by atoms with Crippen LogP contribution >= 0.6 is 0 Å². The summed E-state index contributed by atoms with van der Waals surface area (Å²) in [6.07, 6.45) is 0. The van der Waals surface area contributed by atoms with Crippen molar-refractivity contribution in [3.8, 4) is 39.3 Å². The Bertz CT molecular complexity index is 2070. The van der Waals surface area contributed by atoms with Crippen LogP contribution in [0, 0.1) is 0 Å². The third-order valence-corrected chi connectivity index (χ3v) is 8.83. The van der Waals surface area contributed by atoms with Gasteiger partial charge in [-0.15, -0.1) is 0 Å². The predicted octanol–water partition coefficient (Wildman–Crippen LogP) is 9.04. The van der Waals surface area contributed by atoms with Crippen molar-refractivity contribution in [1.82, 2.24) is 9.55 Å². The smallest absolute Gasteiger partial charge is 0.145 e. The van der Waals surface area contributed by atoms with Crippen LogP contribution in [-0.2, 0) is 5.41 Å². The summed E-state index contributed by atoms with van der Waals surface area (Å²) in [4.78, 5) is 5.09. The lowest BCUT2D eigenvalue weighted by molar-refractivity contribution is 0.793. The van der Waals surface area contributed by atoms with Crippen molar-refractivity contribution in [3.05, 3.63) is 168 Å². The summed E-state index contributed by atoms with van der Waals surface area (Å²) >= 11 is 0. The molecule has 2 aliphatic rings. The van der Waals surface area contributed by atoms with Gasteiger partial charge in [0.1, 0.15) is 5.82 Å². The normalized spacial score (nSPS) is 13.7. The zero-order chi connectivity index (χ0) is 26.3. The molecule has 9 rings (SSSR count). The summed E-state index contributed by atoms with van der Waals surface area (Å²) in [5.41, 5.74) is 14.7. The zero-order valence-corrected chi connectivity index (χ0v) is 21.8. The van der Waals surface area contributed by atoms with Crippen LogP contribution in [0.2, 0.25) is 0 Å². The van der Waals surface area contributed by atoms with Crippen LogP contribution in [0.5, 0.6) is 0 Å². The Kier molecular flexibility index (Phi) is 4.29. The summed E-state index contributed by atoms with van der Waals surface area (Å²) in [6.45, 7) is 0. The molecular weight excluding hydrogens is 484 g/mol. The van der Waals surface area contributed by atoms with Crippen molar-refractivity contribution in [1.29, 1.82) is 0 Å². The van der Waals surface area contributed by atoms with Crippen molar-refractivity contribution < 1.29 is 0 Å². The molecule has 40 heavy (non-hydrogen) atoms. The lowest BCUT2D eigenvalue weighted by Gasteiger charge is -2.30. The summed E-state index contributed by atoms with van der Waals surface area (Å²) in [5.74, 6) is 0.958.